The van der Waals surface area contributed by atoms with E-state index < -0.39 is 27.8 Å². The molecule has 0 spiro atoms. The summed E-state index contributed by atoms with van der Waals surface area (Å²) in [5.41, 5.74) is 3.72. The van der Waals surface area contributed by atoms with Crippen LogP contribution in [0, 0.1) is 17.8 Å². The lowest BCUT2D eigenvalue weighted by atomic mass is 9.55. The van der Waals surface area contributed by atoms with Gasteiger partial charge < -0.3 is 29.3 Å². The summed E-state index contributed by atoms with van der Waals surface area (Å²) >= 11 is 1.66. The first-order chi connectivity index (χ1) is 31.2. The zero-order valence-corrected chi connectivity index (χ0v) is 38.1. The number of fused-ring (bicyclic) bond motifs is 3. The number of sulfonamides is 1. The largest absolute Gasteiger partial charge is 0.460 e. The van der Waals surface area contributed by atoms with E-state index in [1.54, 1.807) is 49.3 Å². The molecule has 4 aromatic carbocycles. The van der Waals surface area contributed by atoms with E-state index in [0.29, 0.717) is 46.7 Å². The highest BCUT2D eigenvalue weighted by Crippen LogP contribution is 2.62. The summed E-state index contributed by atoms with van der Waals surface area (Å²) in [7, 11) is -2.69. The summed E-state index contributed by atoms with van der Waals surface area (Å²) in [4.78, 5) is 11.9. The zero-order chi connectivity index (χ0) is 44.7. The van der Waals surface area contributed by atoms with Crippen LogP contribution in [-0.2, 0) is 26.2 Å². The highest BCUT2D eigenvalue weighted by molar-refractivity contribution is 7.98. The Bertz CT molecular complexity index is 2570. The Morgan fingerprint density at radius 2 is 1.69 bits per heavy atom. The second kappa shape index (κ2) is 20.4. The fourth-order valence-electron chi connectivity index (χ4n) is 9.91. The van der Waals surface area contributed by atoms with Crippen LogP contribution < -0.4 is 9.47 Å². The van der Waals surface area contributed by atoms with Gasteiger partial charge in [-0.2, -0.15) is 4.31 Å². The predicted octanol–water partition coefficient (Wildman–Crippen LogP) is 9.90. The average molecular weight is 904 g/mol. The number of benzene rings is 4. The summed E-state index contributed by atoms with van der Waals surface area (Å²) in [6.07, 6.45) is 12.1. The fourth-order valence-corrected chi connectivity index (χ4v) is 11.9. The molecule has 6 unspecified atom stereocenters. The van der Waals surface area contributed by atoms with Gasteiger partial charge in [0.15, 0.2) is 0 Å². The van der Waals surface area contributed by atoms with E-state index in [9.17, 15) is 10.2 Å². The molecule has 0 saturated heterocycles. The summed E-state index contributed by atoms with van der Waals surface area (Å²) in [6.45, 7) is 4.47. The number of hydrogen-bond acceptors (Lipinski definition) is 11. The third-order valence-corrected chi connectivity index (χ3v) is 15.5. The van der Waals surface area contributed by atoms with Crippen LogP contribution in [0.3, 0.4) is 0 Å². The van der Waals surface area contributed by atoms with Gasteiger partial charge in [0, 0.05) is 54.6 Å². The Morgan fingerprint density at radius 3 is 2.44 bits per heavy atom. The molecule has 11 nitrogen and oxygen atoms in total. The van der Waals surface area contributed by atoms with Gasteiger partial charge in [0.05, 0.1) is 29.8 Å². The molecule has 6 atom stereocenters. The molecule has 0 amide bonds. The maximum absolute atomic E-state index is 15.2. The van der Waals surface area contributed by atoms with Crippen LogP contribution in [-0.4, -0.2) is 78.6 Å². The molecule has 8 rings (SSSR count). The summed E-state index contributed by atoms with van der Waals surface area (Å²) in [6, 6.07) is 31.5. The third-order valence-electron chi connectivity index (χ3n) is 12.9. The monoisotopic (exact) mass is 903 g/mol. The van der Waals surface area contributed by atoms with Gasteiger partial charge in [-0.3, -0.25) is 4.98 Å². The zero-order valence-electron chi connectivity index (χ0n) is 36.4. The molecule has 3 aliphatic rings. The van der Waals surface area contributed by atoms with Crippen molar-refractivity contribution in [3.63, 3.8) is 0 Å². The van der Waals surface area contributed by atoms with E-state index in [0.717, 1.165) is 47.3 Å². The molecule has 1 aromatic heterocycles. The van der Waals surface area contributed by atoms with E-state index in [-0.39, 0.29) is 55.5 Å². The van der Waals surface area contributed by atoms with Crippen molar-refractivity contribution in [1.82, 2.24) is 9.29 Å². The third kappa shape index (κ3) is 9.24. The Morgan fingerprint density at radius 1 is 0.938 bits per heavy atom. The maximum Gasteiger partial charge on any atom is 0.245 e. The van der Waals surface area contributed by atoms with Crippen LogP contribution in [0.25, 0.3) is 10.9 Å². The molecule has 13 heteroatoms. The van der Waals surface area contributed by atoms with E-state index in [2.05, 4.69) is 23.7 Å². The second-order valence-electron chi connectivity index (χ2n) is 16.7. The number of oxime groups is 1. The summed E-state index contributed by atoms with van der Waals surface area (Å²) in [5.74, 6) is -0.501. The first-order valence-corrected chi connectivity index (χ1v) is 24.8. The Balaban J connectivity index is 1.33. The lowest BCUT2D eigenvalue weighted by Gasteiger charge is -2.59. The summed E-state index contributed by atoms with van der Waals surface area (Å²) in [5, 5.41) is 25.5. The van der Waals surface area contributed by atoms with Gasteiger partial charge >= 0.3 is 0 Å². The molecule has 2 heterocycles. The number of hydrogen-bond donors (Lipinski definition) is 2. The number of ether oxygens (including phenoxy) is 3. The number of aliphatic hydroxyl groups is 2. The number of pyridine rings is 1. The lowest BCUT2D eigenvalue weighted by Crippen LogP contribution is -2.69. The Kier molecular flexibility index (Phi) is 14.5. The molecule has 64 heavy (non-hydrogen) atoms. The molecule has 0 radical (unpaired) electrons. The van der Waals surface area contributed by atoms with Gasteiger partial charge in [0.2, 0.25) is 15.8 Å². The standard InChI is InChI=1S/C51H57N3O8S2/c1-4-30-59-51-47(54(2)64(57,58)46-20-12-17-36-18-13-27-52-50(36)46)33-44(53-60-34-35-14-6-5-7-15-35)42-31-37(16-8-10-28-55)41(19-9-11-29-56)48(49(42)51)43-32-39(23-26-45(43)62-51)61-38-21-24-40(63-3)25-22-38/h4-7,12-15,17-18,20-27,31-32,37,41,47-49,55-56H,1,8-11,16,19,28-30,33-34H2,2-3H3. The van der Waals surface area contributed by atoms with Gasteiger partial charge in [0.25, 0.3) is 0 Å². The van der Waals surface area contributed by atoms with Crippen molar-refractivity contribution in [3.8, 4) is 17.2 Å². The average Bonchev–Trinajstić information content (AvgIpc) is 3.32. The molecule has 336 valence electrons. The SMILES string of the molecule is C=CCOC12Oc3ccc(Oc4ccc(SC)cc4)cc3C3C(CCCCO)C(CCCCO)C=C(C(=NOCc4ccccc4)CC1N(C)S(=O)(=O)c1cccc4cccnc14)C32. The first-order valence-electron chi connectivity index (χ1n) is 22.1. The van der Waals surface area contributed by atoms with Gasteiger partial charge in [-0.05, 0) is 110 Å². The van der Waals surface area contributed by atoms with E-state index in [1.165, 1.54) is 4.31 Å². The number of para-hydroxylation sites is 1. The van der Waals surface area contributed by atoms with Crippen LogP contribution in [0.5, 0.6) is 17.2 Å². The minimum Gasteiger partial charge on any atom is -0.460 e. The number of thioether (sulfide) groups is 1. The molecule has 2 aliphatic carbocycles. The minimum absolute atomic E-state index is 0.00104. The highest BCUT2D eigenvalue weighted by atomic mass is 32.2. The van der Waals surface area contributed by atoms with Crippen molar-refractivity contribution in [2.75, 3.05) is 33.1 Å². The van der Waals surface area contributed by atoms with Crippen molar-refractivity contribution in [2.45, 2.75) is 79.1 Å². The molecular formula is C51H57N3O8S2. The van der Waals surface area contributed by atoms with E-state index in [1.807, 2.05) is 85.1 Å². The number of allylic oxidation sites excluding steroid dienone is 1. The fraction of sp³-hybridized carbons (Fsp3) is 0.373. The normalized spacial score (nSPS) is 23.2. The topological polar surface area (TPSA) is 140 Å². The molecule has 1 aliphatic heterocycles. The van der Waals surface area contributed by atoms with Crippen LogP contribution in [0.2, 0.25) is 0 Å². The van der Waals surface area contributed by atoms with Crippen molar-refractivity contribution in [2.24, 2.45) is 22.9 Å². The number of rotatable bonds is 20. The highest BCUT2D eigenvalue weighted by Gasteiger charge is 2.65. The van der Waals surface area contributed by atoms with Crippen LogP contribution >= 0.6 is 11.8 Å². The Hall–Kier alpha value is -5.02. The molecule has 1 fully saturated rings. The van der Waals surface area contributed by atoms with E-state index in [4.69, 9.17) is 24.2 Å². The van der Waals surface area contributed by atoms with Gasteiger partial charge in [-0.25, -0.2) is 8.42 Å². The first kappa shape index (κ1) is 45.5. The second-order valence-corrected chi connectivity index (χ2v) is 19.5. The lowest BCUT2D eigenvalue weighted by molar-refractivity contribution is -0.250. The van der Waals surface area contributed by atoms with Gasteiger partial charge in [-0.15, -0.1) is 18.3 Å². The van der Waals surface area contributed by atoms with E-state index >= 15 is 8.42 Å². The molecule has 0 bridgehead atoms. The quantitative estimate of drug-likeness (QED) is 0.0336. The van der Waals surface area contributed by atoms with Gasteiger partial charge in [0.1, 0.15) is 28.8 Å². The molecular weight excluding hydrogens is 847 g/mol. The van der Waals surface area contributed by atoms with Crippen molar-refractivity contribution in [1.29, 1.82) is 0 Å². The number of likely N-dealkylation sites (N-methyl/N-ethyl adjacent to an activating group) is 1. The number of aliphatic hydroxyl groups excluding tert-OH is 2. The number of nitrogens with zero attached hydrogens (tertiary/aromatic N) is 3. The van der Waals surface area contributed by atoms with Crippen molar-refractivity contribution >= 4 is 38.4 Å². The van der Waals surface area contributed by atoms with Crippen molar-refractivity contribution < 1.29 is 37.7 Å². The van der Waals surface area contributed by atoms with Crippen LogP contribution in [0.15, 0.2) is 149 Å². The molecule has 5 aromatic rings. The predicted molar refractivity (Wildman–Crippen MR) is 251 cm³/mol. The summed E-state index contributed by atoms with van der Waals surface area (Å²) < 4.78 is 52.7. The minimum atomic E-state index is -4.27. The number of unbranched alkanes of at least 4 members (excludes halogenated alkanes) is 2. The maximum atomic E-state index is 15.2. The van der Waals surface area contributed by atoms with Crippen molar-refractivity contribution in [3.05, 3.63) is 145 Å². The number of aromatic nitrogens is 1. The van der Waals surface area contributed by atoms with Gasteiger partial charge in [-0.1, -0.05) is 78.7 Å². The molecule has 2 N–H and O–H groups in total. The smallest absolute Gasteiger partial charge is 0.245 e. The van der Waals surface area contributed by atoms with Crippen LogP contribution in [0.4, 0.5) is 0 Å². The van der Waals surface area contributed by atoms with Crippen LogP contribution in [0.1, 0.15) is 62.0 Å². The molecule has 1 saturated carbocycles. The Labute approximate surface area is 380 Å².